The highest BCUT2D eigenvalue weighted by Crippen LogP contribution is 2.45. The lowest BCUT2D eigenvalue weighted by Crippen LogP contribution is -2.72. The predicted molar refractivity (Wildman–Crippen MR) is 100 cm³/mol. The number of benzene rings is 1. The number of ether oxygens (including phenoxy) is 5. The van der Waals surface area contributed by atoms with E-state index in [1.54, 1.807) is 57.4 Å². The number of methoxy groups -OCH3 is 3. The molecule has 0 N–H and O–H groups in total. The average Bonchev–Trinajstić information content (AvgIpc) is 2.96. The number of anilines is 1. The van der Waals surface area contributed by atoms with Crippen molar-refractivity contribution >= 4 is 17.4 Å². The Morgan fingerprint density at radius 2 is 1.61 bits per heavy atom. The first-order valence-electron chi connectivity index (χ1n) is 9.17. The molecular weight excluding hydrogens is 366 g/mol. The van der Waals surface area contributed by atoms with Crippen molar-refractivity contribution in [1.29, 1.82) is 0 Å². The zero-order valence-electron chi connectivity index (χ0n) is 16.8. The summed E-state index contributed by atoms with van der Waals surface area (Å²) in [7, 11) is 4.74. The van der Waals surface area contributed by atoms with Gasteiger partial charge in [0.15, 0.2) is 5.79 Å². The van der Waals surface area contributed by atoms with Crippen LogP contribution in [0.3, 0.4) is 0 Å². The Kier molecular flexibility index (Phi) is 6.04. The van der Waals surface area contributed by atoms with Gasteiger partial charge in [-0.05, 0) is 38.1 Å². The lowest BCUT2D eigenvalue weighted by atomic mass is 9.79. The Balaban J connectivity index is 1.92. The van der Waals surface area contributed by atoms with Gasteiger partial charge in [0, 0.05) is 19.9 Å². The first-order chi connectivity index (χ1) is 13.4. The van der Waals surface area contributed by atoms with E-state index in [0.29, 0.717) is 24.7 Å². The molecule has 8 heteroatoms. The molecule has 154 valence electrons. The molecule has 0 aromatic heterocycles. The maximum atomic E-state index is 12.8. The third kappa shape index (κ3) is 3.53. The van der Waals surface area contributed by atoms with E-state index in [1.807, 2.05) is 0 Å². The Hall–Kier alpha value is -2.00. The van der Waals surface area contributed by atoms with Crippen molar-refractivity contribution in [3.63, 3.8) is 0 Å². The topological polar surface area (TPSA) is 83.5 Å². The molecule has 0 aliphatic carbocycles. The number of carbonyl (C=O) groups is 2. The average molecular weight is 393 g/mol. The van der Waals surface area contributed by atoms with Crippen LogP contribution in [0.2, 0.25) is 0 Å². The van der Waals surface area contributed by atoms with Gasteiger partial charge < -0.3 is 28.6 Å². The number of hydrogen-bond donors (Lipinski definition) is 0. The fourth-order valence-corrected chi connectivity index (χ4v) is 3.98. The van der Waals surface area contributed by atoms with Gasteiger partial charge in [-0.25, -0.2) is 0 Å². The molecule has 28 heavy (non-hydrogen) atoms. The number of hydrogen-bond acceptors (Lipinski definition) is 7. The maximum absolute atomic E-state index is 12.8. The highest BCUT2D eigenvalue weighted by atomic mass is 16.8. The van der Waals surface area contributed by atoms with Gasteiger partial charge in [0.2, 0.25) is 5.91 Å². The van der Waals surface area contributed by atoms with Crippen LogP contribution < -0.4 is 9.64 Å². The van der Waals surface area contributed by atoms with Gasteiger partial charge in [-0.1, -0.05) is 0 Å². The molecule has 2 aliphatic heterocycles. The fourth-order valence-electron chi connectivity index (χ4n) is 3.98. The van der Waals surface area contributed by atoms with E-state index in [1.165, 1.54) is 6.92 Å². The minimum absolute atomic E-state index is 0.216. The van der Waals surface area contributed by atoms with Crippen LogP contribution in [0.5, 0.6) is 5.75 Å². The molecule has 2 fully saturated rings. The predicted octanol–water partition coefficient (Wildman–Crippen LogP) is 1.41. The third-order valence-corrected chi connectivity index (χ3v) is 5.27. The number of Topliss-reactive ketones (excluding diaryl/α,β-unsaturated/α-hetero) is 1. The molecule has 0 saturated carbocycles. The van der Waals surface area contributed by atoms with E-state index in [4.69, 9.17) is 23.7 Å². The Labute approximate surface area is 164 Å². The molecule has 3 rings (SSSR count). The van der Waals surface area contributed by atoms with E-state index >= 15 is 0 Å². The zero-order valence-corrected chi connectivity index (χ0v) is 16.8. The first kappa shape index (κ1) is 20.7. The molecular formula is C20H27NO7. The standard InChI is InChI=1S/C20H27NO7/c1-12(22)17-18(20(2)27-15(10-24-3)16(28-20)11-25-4)21(19(17)23)13-6-8-14(26-5)9-7-13/h6-9,15-18H,10-11H2,1-5H3/t15-,16-,17?,18-/m0/s1. The van der Waals surface area contributed by atoms with Crippen LogP contribution in [0.25, 0.3) is 0 Å². The molecule has 2 aliphatic rings. The fraction of sp³-hybridized carbons (Fsp3) is 0.600. The number of amides is 1. The normalized spacial score (nSPS) is 28.9. The molecule has 1 unspecified atom stereocenters. The summed E-state index contributed by atoms with van der Waals surface area (Å²) in [4.78, 5) is 26.6. The van der Waals surface area contributed by atoms with Crippen molar-refractivity contribution < 1.29 is 33.3 Å². The molecule has 0 bridgehead atoms. The summed E-state index contributed by atoms with van der Waals surface area (Å²) < 4.78 is 28.0. The Morgan fingerprint density at radius 3 is 2.04 bits per heavy atom. The van der Waals surface area contributed by atoms with Crippen LogP contribution in [0.15, 0.2) is 24.3 Å². The summed E-state index contributed by atoms with van der Waals surface area (Å²) in [6.07, 6.45) is -0.730. The van der Waals surface area contributed by atoms with Crippen LogP contribution in [-0.4, -0.2) is 70.3 Å². The lowest BCUT2D eigenvalue weighted by Gasteiger charge is -2.51. The van der Waals surface area contributed by atoms with Gasteiger partial charge in [0.05, 0.1) is 20.3 Å². The second-order valence-electron chi connectivity index (χ2n) is 7.18. The van der Waals surface area contributed by atoms with Gasteiger partial charge in [0.25, 0.3) is 0 Å². The molecule has 1 aromatic carbocycles. The lowest BCUT2D eigenvalue weighted by molar-refractivity contribution is -0.204. The summed E-state index contributed by atoms with van der Waals surface area (Å²) in [6, 6.07) is 6.49. The van der Waals surface area contributed by atoms with Gasteiger partial charge >= 0.3 is 0 Å². The summed E-state index contributed by atoms with van der Waals surface area (Å²) in [5, 5.41) is 0. The highest BCUT2D eigenvalue weighted by molar-refractivity contribution is 6.15. The first-order valence-corrected chi connectivity index (χ1v) is 9.17. The molecule has 2 saturated heterocycles. The molecule has 1 aromatic rings. The van der Waals surface area contributed by atoms with E-state index in [2.05, 4.69) is 0 Å². The van der Waals surface area contributed by atoms with Gasteiger partial charge in [-0.15, -0.1) is 0 Å². The second kappa shape index (κ2) is 8.16. The minimum Gasteiger partial charge on any atom is -0.497 e. The smallest absolute Gasteiger partial charge is 0.240 e. The van der Waals surface area contributed by atoms with Crippen LogP contribution >= 0.6 is 0 Å². The number of rotatable bonds is 8. The van der Waals surface area contributed by atoms with Gasteiger partial charge in [-0.3, -0.25) is 9.59 Å². The largest absolute Gasteiger partial charge is 0.497 e. The van der Waals surface area contributed by atoms with E-state index in [0.717, 1.165) is 0 Å². The third-order valence-electron chi connectivity index (χ3n) is 5.27. The van der Waals surface area contributed by atoms with Crippen molar-refractivity contribution in [1.82, 2.24) is 0 Å². The Morgan fingerprint density at radius 1 is 1.07 bits per heavy atom. The van der Waals surface area contributed by atoms with E-state index < -0.39 is 17.7 Å². The summed E-state index contributed by atoms with van der Waals surface area (Å²) in [5.41, 5.74) is 0.653. The molecule has 0 spiro atoms. The van der Waals surface area contributed by atoms with Crippen molar-refractivity contribution in [2.45, 2.75) is 37.9 Å². The molecule has 2 heterocycles. The maximum Gasteiger partial charge on any atom is 0.240 e. The number of carbonyl (C=O) groups excluding carboxylic acids is 2. The van der Waals surface area contributed by atoms with E-state index in [-0.39, 0.29) is 23.9 Å². The van der Waals surface area contributed by atoms with Crippen LogP contribution in [0, 0.1) is 5.92 Å². The van der Waals surface area contributed by atoms with Crippen LogP contribution in [0.1, 0.15) is 13.8 Å². The molecule has 4 atom stereocenters. The minimum atomic E-state index is -1.17. The quantitative estimate of drug-likeness (QED) is 0.488. The number of ketones is 1. The monoisotopic (exact) mass is 393 g/mol. The summed E-state index contributed by atoms with van der Waals surface area (Å²) in [6.45, 7) is 3.81. The molecule has 8 nitrogen and oxygen atoms in total. The van der Waals surface area contributed by atoms with Gasteiger partial charge in [-0.2, -0.15) is 0 Å². The van der Waals surface area contributed by atoms with Gasteiger partial charge in [0.1, 0.15) is 35.7 Å². The van der Waals surface area contributed by atoms with Crippen molar-refractivity contribution in [2.24, 2.45) is 5.92 Å². The summed E-state index contributed by atoms with van der Waals surface area (Å²) >= 11 is 0. The van der Waals surface area contributed by atoms with Crippen LogP contribution in [0.4, 0.5) is 5.69 Å². The van der Waals surface area contributed by atoms with Crippen molar-refractivity contribution in [2.75, 3.05) is 39.4 Å². The molecule has 1 amide bonds. The van der Waals surface area contributed by atoms with Crippen molar-refractivity contribution in [3.8, 4) is 5.75 Å². The number of β-lactam (4-membered cyclic amide) rings is 1. The number of nitrogens with zero attached hydrogens (tertiary/aromatic N) is 1. The highest BCUT2D eigenvalue weighted by Gasteiger charge is 2.63. The molecule has 0 radical (unpaired) electrons. The van der Waals surface area contributed by atoms with Crippen molar-refractivity contribution in [3.05, 3.63) is 24.3 Å². The Bertz CT molecular complexity index is 706. The summed E-state index contributed by atoms with van der Waals surface area (Å²) in [5.74, 6) is -1.80. The SMILES string of the molecule is COC[C@@H]1OC(C)([C@@H]2C(C(C)=O)C(=O)N2c2ccc(OC)cc2)O[C@H]1COC. The van der Waals surface area contributed by atoms with E-state index in [9.17, 15) is 9.59 Å². The second-order valence-corrected chi connectivity index (χ2v) is 7.18. The van der Waals surface area contributed by atoms with Crippen LogP contribution in [-0.2, 0) is 28.5 Å². The zero-order chi connectivity index (χ0) is 20.5.